The predicted octanol–water partition coefficient (Wildman–Crippen LogP) is 5.28. The lowest BCUT2D eigenvalue weighted by molar-refractivity contribution is 1.17. The van der Waals surface area contributed by atoms with E-state index >= 15 is 0 Å². The number of nitrogens with zero attached hydrogens (tertiary/aromatic N) is 1. The maximum absolute atomic E-state index is 6.11. The van der Waals surface area contributed by atoms with E-state index in [-0.39, 0.29) is 0 Å². The van der Waals surface area contributed by atoms with E-state index in [0.29, 0.717) is 0 Å². The molecule has 0 spiro atoms. The van der Waals surface area contributed by atoms with Crippen LogP contribution in [0.2, 0.25) is 5.02 Å². The zero-order valence-corrected chi connectivity index (χ0v) is 12.0. The van der Waals surface area contributed by atoms with Crippen molar-refractivity contribution in [3.63, 3.8) is 0 Å². The third-order valence-electron chi connectivity index (χ3n) is 3.07. The van der Waals surface area contributed by atoms with E-state index in [0.717, 1.165) is 26.6 Å². The van der Waals surface area contributed by atoms with Gasteiger partial charge in [-0.25, -0.2) is 4.98 Å². The number of hydrogen-bond acceptors (Lipinski definition) is 2. The van der Waals surface area contributed by atoms with Gasteiger partial charge in [-0.3, -0.25) is 0 Å². The molecule has 0 aliphatic heterocycles. The van der Waals surface area contributed by atoms with Crippen molar-refractivity contribution in [3.05, 3.63) is 59.8 Å². The normalized spacial score (nSPS) is 10.8. The van der Waals surface area contributed by atoms with Crippen molar-refractivity contribution in [2.75, 3.05) is 6.26 Å². The van der Waals surface area contributed by atoms with Crippen molar-refractivity contribution in [1.82, 2.24) is 4.98 Å². The molecule has 0 amide bonds. The Morgan fingerprint density at radius 3 is 2.68 bits per heavy atom. The topological polar surface area (TPSA) is 12.9 Å². The van der Waals surface area contributed by atoms with E-state index in [2.05, 4.69) is 29.2 Å². The maximum atomic E-state index is 6.11. The van der Waals surface area contributed by atoms with Gasteiger partial charge in [-0.1, -0.05) is 48.0 Å². The summed E-state index contributed by atoms with van der Waals surface area (Å²) >= 11 is 7.77. The van der Waals surface area contributed by atoms with Gasteiger partial charge in [-0.2, -0.15) is 0 Å². The molecule has 0 fully saturated rings. The number of pyridine rings is 1. The van der Waals surface area contributed by atoms with E-state index in [1.54, 1.807) is 11.8 Å². The fraction of sp³-hybridized carbons (Fsp3) is 0.0625. The Bertz CT molecular complexity index is 740. The van der Waals surface area contributed by atoms with E-state index in [1.165, 1.54) is 5.39 Å². The second-order valence-electron chi connectivity index (χ2n) is 4.24. The van der Waals surface area contributed by atoms with Crippen LogP contribution in [0.3, 0.4) is 0 Å². The molecule has 0 saturated heterocycles. The zero-order chi connectivity index (χ0) is 13.2. The van der Waals surface area contributed by atoms with Crippen molar-refractivity contribution in [2.24, 2.45) is 0 Å². The molecule has 0 N–H and O–H groups in total. The van der Waals surface area contributed by atoms with Crippen molar-refractivity contribution < 1.29 is 0 Å². The first-order valence-electron chi connectivity index (χ1n) is 5.97. The van der Waals surface area contributed by atoms with Crippen LogP contribution in [-0.2, 0) is 0 Å². The molecule has 0 aliphatic carbocycles. The summed E-state index contributed by atoms with van der Waals surface area (Å²) in [5, 5.41) is 4.14. The summed E-state index contributed by atoms with van der Waals surface area (Å²) in [4.78, 5) is 4.55. The maximum Gasteiger partial charge on any atom is 0.104 e. The van der Waals surface area contributed by atoms with Gasteiger partial charge in [0, 0.05) is 22.2 Å². The SMILES string of the molecule is CSc1ncc2ccccc2c1-c1cccc(Cl)c1. The second kappa shape index (κ2) is 5.24. The summed E-state index contributed by atoms with van der Waals surface area (Å²) in [7, 11) is 0. The van der Waals surface area contributed by atoms with Gasteiger partial charge < -0.3 is 0 Å². The van der Waals surface area contributed by atoms with Crippen molar-refractivity contribution in [3.8, 4) is 11.1 Å². The fourth-order valence-corrected chi connectivity index (χ4v) is 3.00. The first kappa shape index (κ1) is 12.5. The third-order valence-corrected chi connectivity index (χ3v) is 4.00. The number of rotatable bonds is 2. The molecule has 19 heavy (non-hydrogen) atoms. The Morgan fingerprint density at radius 2 is 1.89 bits per heavy atom. The minimum Gasteiger partial charge on any atom is -0.249 e. The minimum atomic E-state index is 0.748. The van der Waals surface area contributed by atoms with Crippen LogP contribution in [0, 0.1) is 0 Å². The van der Waals surface area contributed by atoms with Crippen molar-refractivity contribution >= 4 is 34.1 Å². The fourth-order valence-electron chi connectivity index (χ4n) is 2.22. The van der Waals surface area contributed by atoms with Gasteiger partial charge in [-0.15, -0.1) is 11.8 Å². The first-order chi connectivity index (χ1) is 9.29. The molecule has 0 aliphatic rings. The molecule has 3 heteroatoms. The molecule has 2 aromatic carbocycles. The number of hydrogen-bond donors (Lipinski definition) is 0. The highest BCUT2D eigenvalue weighted by Gasteiger charge is 2.10. The van der Waals surface area contributed by atoms with Crippen LogP contribution in [0.25, 0.3) is 21.9 Å². The number of fused-ring (bicyclic) bond motifs is 1. The Hall–Kier alpha value is -1.51. The summed E-state index contributed by atoms with van der Waals surface area (Å²) < 4.78 is 0. The largest absolute Gasteiger partial charge is 0.249 e. The molecule has 0 radical (unpaired) electrons. The number of aromatic nitrogens is 1. The van der Waals surface area contributed by atoms with E-state index in [4.69, 9.17) is 11.6 Å². The van der Waals surface area contributed by atoms with Crippen LogP contribution in [0.4, 0.5) is 0 Å². The lowest BCUT2D eigenvalue weighted by Crippen LogP contribution is -1.89. The summed E-state index contributed by atoms with van der Waals surface area (Å²) in [5.74, 6) is 0. The van der Waals surface area contributed by atoms with Gasteiger partial charge in [0.05, 0.1) is 0 Å². The lowest BCUT2D eigenvalue weighted by Gasteiger charge is -2.11. The quantitative estimate of drug-likeness (QED) is 0.594. The average Bonchev–Trinajstić information content (AvgIpc) is 2.46. The summed E-state index contributed by atoms with van der Waals surface area (Å²) in [6.45, 7) is 0. The van der Waals surface area contributed by atoms with E-state index in [1.807, 2.05) is 36.7 Å². The Labute approximate surface area is 121 Å². The molecule has 0 atom stereocenters. The molecular formula is C16H12ClNS. The molecule has 1 aromatic heterocycles. The van der Waals surface area contributed by atoms with E-state index in [9.17, 15) is 0 Å². The van der Waals surface area contributed by atoms with Crippen LogP contribution < -0.4 is 0 Å². The highest BCUT2D eigenvalue weighted by molar-refractivity contribution is 7.98. The van der Waals surface area contributed by atoms with Gasteiger partial charge in [-0.05, 0) is 29.3 Å². The molecule has 0 saturated carbocycles. The van der Waals surface area contributed by atoms with Gasteiger partial charge in [0.25, 0.3) is 0 Å². The minimum absolute atomic E-state index is 0.748. The molecule has 1 nitrogen and oxygen atoms in total. The molecule has 94 valence electrons. The molecule has 3 aromatic rings. The second-order valence-corrected chi connectivity index (χ2v) is 5.47. The number of thioether (sulfide) groups is 1. The lowest BCUT2D eigenvalue weighted by atomic mass is 10.0. The van der Waals surface area contributed by atoms with Crippen LogP contribution in [0.5, 0.6) is 0 Å². The molecule has 0 unspecified atom stereocenters. The Kier molecular flexibility index (Phi) is 3.45. The number of benzene rings is 2. The molecular weight excluding hydrogens is 274 g/mol. The third kappa shape index (κ3) is 2.34. The highest BCUT2D eigenvalue weighted by atomic mass is 35.5. The highest BCUT2D eigenvalue weighted by Crippen LogP contribution is 2.35. The van der Waals surface area contributed by atoms with Crippen LogP contribution in [0.15, 0.2) is 59.8 Å². The van der Waals surface area contributed by atoms with E-state index < -0.39 is 0 Å². The van der Waals surface area contributed by atoms with Crippen molar-refractivity contribution in [1.29, 1.82) is 0 Å². The Morgan fingerprint density at radius 1 is 1.05 bits per heavy atom. The van der Waals surface area contributed by atoms with Crippen LogP contribution in [0.1, 0.15) is 0 Å². The van der Waals surface area contributed by atoms with Gasteiger partial charge >= 0.3 is 0 Å². The van der Waals surface area contributed by atoms with Gasteiger partial charge in [0.2, 0.25) is 0 Å². The summed E-state index contributed by atoms with van der Waals surface area (Å²) in [6.07, 6.45) is 3.97. The average molecular weight is 286 g/mol. The van der Waals surface area contributed by atoms with Crippen LogP contribution in [-0.4, -0.2) is 11.2 Å². The smallest absolute Gasteiger partial charge is 0.104 e. The predicted molar refractivity (Wildman–Crippen MR) is 84.0 cm³/mol. The molecule has 0 bridgehead atoms. The van der Waals surface area contributed by atoms with Crippen LogP contribution >= 0.6 is 23.4 Å². The van der Waals surface area contributed by atoms with Crippen molar-refractivity contribution in [2.45, 2.75) is 5.03 Å². The Balaban J connectivity index is 2.37. The van der Waals surface area contributed by atoms with Gasteiger partial charge in [0.15, 0.2) is 0 Å². The molecule has 1 heterocycles. The summed E-state index contributed by atoms with van der Waals surface area (Å²) in [6, 6.07) is 16.2. The standard InChI is InChI=1S/C16H12ClNS/c1-19-16-15(11-6-4-7-13(17)9-11)14-8-3-2-5-12(14)10-18-16/h2-10H,1H3. The molecule has 3 rings (SSSR count). The zero-order valence-electron chi connectivity index (χ0n) is 10.4. The summed E-state index contributed by atoms with van der Waals surface area (Å²) in [5.41, 5.74) is 2.27. The van der Waals surface area contributed by atoms with Gasteiger partial charge in [0.1, 0.15) is 5.03 Å². The monoisotopic (exact) mass is 285 g/mol. The number of halogens is 1. The first-order valence-corrected chi connectivity index (χ1v) is 7.57.